The molecule has 0 aliphatic carbocycles. The van der Waals surface area contributed by atoms with Gasteiger partial charge in [-0.2, -0.15) is 0 Å². The van der Waals surface area contributed by atoms with E-state index in [0.29, 0.717) is 6.61 Å². The molecule has 3 aliphatic heterocycles. The molecule has 0 N–H and O–H groups in total. The van der Waals surface area contributed by atoms with Crippen LogP contribution >= 0.6 is 0 Å². The molecule has 1 fully saturated rings. The van der Waals surface area contributed by atoms with Gasteiger partial charge in [0.1, 0.15) is 12.4 Å². The molecule has 0 radical (unpaired) electrons. The lowest BCUT2D eigenvalue weighted by Gasteiger charge is -2.44. The summed E-state index contributed by atoms with van der Waals surface area (Å²) in [5.74, 6) is 1.05. The highest BCUT2D eigenvalue weighted by atomic mass is 16.6. The maximum Gasteiger partial charge on any atom is 0.410 e. The number of ether oxygens (including phenoxy) is 2. The summed E-state index contributed by atoms with van der Waals surface area (Å²) < 4.78 is 11.3. The number of rotatable bonds is 5. The first-order chi connectivity index (χ1) is 14.8. The fraction of sp³-hybridized carbons (Fsp3) is 0.423. The fourth-order valence-electron chi connectivity index (χ4n) is 5.08. The SMILES string of the molecule is O=C(OCc1ccccc1)N1C2C=C(CCc3ccc4c(c3)CCO4)CC1CCC2. The van der Waals surface area contributed by atoms with Crippen molar-refractivity contribution in [3.8, 4) is 5.75 Å². The Labute approximate surface area is 178 Å². The van der Waals surface area contributed by atoms with E-state index >= 15 is 0 Å². The van der Waals surface area contributed by atoms with Crippen LogP contribution in [-0.2, 0) is 24.2 Å². The Balaban J connectivity index is 1.21. The van der Waals surface area contributed by atoms with E-state index in [1.165, 1.54) is 23.1 Å². The molecule has 4 nitrogen and oxygen atoms in total. The predicted octanol–water partition coefficient (Wildman–Crippen LogP) is 5.44. The molecule has 2 aromatic rings. The number of hydrogen-bond donors (Lipinski definition) is 0. The number of carbonyl (C=O) groups is 1. The molecule has 30 heavy (non-hydrogen) atoms. The number of amides is 1. The summed E-state index contributed by atoms with van der Waals surface area (Å²) in [5, 5.41) is 0. The topological polar surface area (TPSA) is 38.8 Å². The van der Waals surface area contributed by atoms with Crippen LogP contribution in [0.4, 0.5) is 4.79 Å². The van der Waals surface area contributed by atoms with Crippen molar-refractivity contribution >= 4 is 6.09 Å². The van der Waals surface area contributed by atoms with Gasteiger partial charge in [-0.1, -0.05) is 54.1 Å². The van der Waals surface area contributed by atoms with Gasteiger partial charge in [-0.3, -0.25) is 4.90 Å². The highest BCUT2D eigenvalue weighted by molar-refractivity contribution is 5.69. The molecule has 0 spiro atoms. The average Bonchev–Trinajstić information content (AvgIpc) is 3.24. The summed E-state index contributed by atoms with van der Waals surface area (Å²) in [6.07, 6.45) is 9.60. The Morgan fingerprint density at radius 3 is 2.83 bits per heavy atom. The minimum absolute atomic E-state index is 0.164. The van der Waals surface area contributed by atoms with E-state index in [1.54, 1.807) is 0 Å². The molecule has 0 saturated carbocycles. The number of aryl methyl sites for hydroxylation is 1. The van der Waals surface area contributed by atoms with Crippen molar-refractivity contribution in [1.29, 1.82) is 0 Å². The second-order valence-corrected chi connectivity index (χ2v) is 8.67. The van der Waals surface area contributed by atoms with Crippen LogP contribution in [0.15, 0.2) is 60.2 Å². The molecular formula is C26H29NO3. The predicted molar refractivity (Wildman–Crippen MR) is 117 cm³/mol. The van der Waals surface area contributed by atoms with Crippen LogP contribution in [0.5, 0.6) is 5.75 Å². The normalized spacial score (nSPS) is 22.1. The Hall–Kier alpha value is -2.75. The zero-order valence-corrected chi connectivity index (χ0v) is 17.4. The van der Waals surface area contributed by atoms with Gasteiger partial charge in [0.05, 0.1) is 12.6 Å². The number of hydrogen-bond acceptors (Lipinski definition) is 3. The maximum atomic E-state index is 12.8. The van der Waals surface area contributed by atoms with Gasteiger partial charge in [-0.25, -0.2) is 4.79 Å². The smallest absolute Gasteiger partial charge is 0.410 e. The van der Waals surface area contributed by atoms with Gasteiger partial charge in [-0.05, 0) is 61.3 Å². The average molecular weight is 404 g/mol. The van der Waals surface area contributed by atoms with E-state index in [0.717, 1.165) is 56.4 Å². The molecular weight excluding hydrogens is 374 g/mol. The quantitative estimate of drug-likeness (QED) is 0.624. The molecule has 1 amide bonds. The van der Waals surface area contributed by atoms with Gasteiger partial charge in [0.2, 0.25) is 0 Å². The summed E-state index contributed by atoms with van der Waals surface area (Å²) in [5.41, 5.74) is 5.25. The molecule has 2 aromatic carbocycles. The molecule has 4 heteroatoms. The van der Waals surface area contributed by atoms with Crippen LogP contribution in [0.1, 0.15) is 48.8 Å². The van der Waals surface area contributed by atoms with E-state index in [1.807, 2.05) is 35.2 Å². The van der Waals surface area contributed by atoms with Gasteiger partial charge < -0.3 is 9.47 Å². The monoisotopic (exact) mass is 403 g/mol. The molecule has 156 valence electrons. The molecule has 2 atom stereocenters. The van der Waals surface area contributed by atoms with E-state index in [9.17, 15) is 4.79 Å². The highest BCUT2D eigenvalue weighted by Gasteiger charge is 2.37. The van der Waals surface area contributed by atoms with Gasteiger partial charge in [0.25, 0.3) is 0 Å². The molecule has 2 bridgehead atoms. The Morgan fingerprint density at radius 2 is 1.97 bits per heavy atom. The molecule has 5 rings (SSSR count). The Morgan fingerprint density at radius 1 is 1.07 bits per heavy atom. The van der Waals surface area contributed by atoms with E-state index in [4.69, 9.17) is 9.47 Å². The standard InChI is InChI=1S/C26H29NO3/c28-26(30-18-20-5-2-1-3-6-20)27-23-7-4-8-24(27)17-21(16-23)10-9-19-11-12-25-22(15-19)13-14-29-25/h1-3,5-6,11-12,15-16,23-24H,4,7-10,13-14,17-18H2. The zero-order valence-electron chi connectivity index (χ0n) is 17.4. The number of fused-ring (bicyclic) bond motifs is 3. The lowest BCUT2D eigenvalue weighted by atomic mass is 9.83. The van der Waals surface area contributed by atoms with Crippen LogP contribution < -0.4 is 4.74 Å². The summed E-state index contributed by atoms with van der Waals surface area (Å²) in [6, 6.07) is 17.0. The van der Waals surface area contributed by atoms with E-state index < -0.39 is 0 Å². The first-order valence-corrected chi connectivity index (χ1v) is 11.2. The molecule has 2 unspecified atom stereocenters. The summed E-state index contributed by atoms with van der Waals surface area (Å²) in [4.78, 5) is 14.8. The number of benzene rings is 2. The highest BCUT2D eigenvalue weighted by Crippen LogP contribution is 2.35. The van der Waals surface area contributed by atoms with Crippen LogP contribution in [0, 0.1) is 0 Å². The van der Waals surface area contributed by atoms with Crippen molar-refractivity contribution in [1.82, 2.24) is 4.90 Å². The van der Waals surface area contributed by atoms with E-state index in [-0.39, 0.29) is 18.2 Å². The number of carbonyl (C=O) groups excluding carboxylic acids is 1. The van der Waals surface area contributed by atoms with Gasteiger partial charge >= 0.3 is 6.09 Å². The van der Waals surface area contributed by atoms with Crippen molar-refractivity contribution < 1.29 is 14.3 Å². The van der Waals surface area contributed by atoms with Crippen LogP contribution in [-0.4, -0.2) is 29.7 Å². The van der Waals surface area contributed by atoms with Gasteiger partial charge in [-0.15, -0.1) is 0 Å². The maximum absolute atomic E-state index is 12.8. The van der Waals surface area contributed by atoms with Crippen molar-refractivity contribution in [2.45, 2.75) is 63.6 Å². The molecule has 1 saturated heterocycles. The number of nitrogens with zero attached hydrogens (tertiary/aromatic N) is 1. The van der Waals surface area contributed by atoms with Crippen LogP contribution in [0.25, 0.3) is 0 Å². The minimum Gasteiger partial charge on any atom is -0.493 e. The van der Waals surface area contributed by atoms with Crippen molar-refractivity contribution in [3.63, 3.8) is 0 Å². The first-order valence-electron chi connectivity index (χ1n) is 11.2. The van der Waals surface area contributed by atoms with Crippen molar-refractivity contribution in [3.05, 3.63) is 76.9 Å². The summed E-state index contributed by atoms with van der Waals surface area (Å²) >= 11 is 0. The second-order valence-electron chi connectivity index (χ2n) is 8.67. The molecule has 3 aliphatic rings. The third-order valence-corrected chi connectivity index (χ3v) is 6.62. The third kappa shape index (κ3) is 4.09. The molecule has 0 aromatic heterocycles. The fourth-order valence-corrected chi connectivity index (χ4v) is 5.08. The summed E-state index contributed by atoms with van der Waals surface area (Å²) in [6.45, 7) is 1.15. The number of piperidine rings is 1. The second kappa shape index (κ2) is 8.55. The van der Waals surface area contributed by atoms with Crippen LogP contribution in [0.2, 0.25) is 0 Å². The first kappa shape index (κ1) is 19.2. The van der Waals surface area contributed by atoms with Gasteiger partial charge in [0.15, 0.2) is 0 Å². The largest absolute Gasteiger partial charge is 0.493 e. The lowest BCUT2D eigenvalue weighted by Crippen LogP contribution is -2.51. The van der Waals surface area contributed by atoms with Crippen molar-refractivity contribution in [2.24, 2.45) is 0 Å². The lowest BCUT2D eigenvalue weighted by molar-refractivity contribution is 0.0479. The molecule has 3 heterocycles. The van der Waals surface area contributed by atoms with Crippen LogP contribution in [0.3, 0.4) is 0 Å². The zero-order chi connectivity index (χ0) is 20.3. The summed E-state index contributed by atoms with van der Waals surface area (Å²) in [7, 11) is 0. The minimum atomic E-state index is -0.164. The Kier molecular flexibility index (Phi) is 5.48. The van der Waals surface area contributed by atoms with Crippen molar-refractivity contribution in [2.75, 3.05) is 6.61 Å². The van der Waals surface area contributed by atoms with Gasteiger partial charge in [0, 0.05) is 12.5 Å². The third-order valence-electron chi connectivity index (χ3n) is 6.62. The van der Waals surface area contributed by atoms with E-state index in [2.05, 4.69) is 24.3 Å². The Bertz CT molecular complexity index is 937.